The third kappa shape index (κ3) is 4.80. The van der Waals surface area contributed by atoms with Crippen LogP contribution in [0.2, 0.25) is 0 Å². The van der Waals surface area contributed by atoms with Gasteiger partial charge in [-0.2, -0.15) is 18.4 Å². The van der Waals surface area contributed by atoms with Gasteiger partial charge in [-0.25, -0.2) is 0 Å². The molecule has 1 heterocycles. The Morgan fingerprint density at radius 2 is 1.64 bits per heavy atom. The summed E-state index contributed by atoms with van der Waals surface area (Å²) in [6.07, 6.45) is 3.08. The average Bonchev–Trinajstić information content (AvgIpc) is 2.74. The third-order valence-electron chi connectivity index (χ3n) is 3.87. The number of amides is 1. The first-order valence-electron chi connectivity index (χ1n) is 8.39. The molecule has 2 aromatic carbocycles. The Morgan fingerprint density at radius 3 is 2.29 bits per heavy atom. The Morgan fingerprint density at radius 1 is 0.929 bits per heavy atom. The predicted molar refractivity (Wildman–Crippen MR) is 108 cm³/mol. The van der Waals surface area contributed by atoms with Crippen LogP contribution in [0.3, 0.4) is 0 Å². The van der Waals surface area contributed by atoms with Crippen LogP contribution < -0.4 is 10.1 Å². The molecule has 0 aliphatic carbocycles. The molecule has 3 aromatic rings. The monoisotopic (exact) mass is 394 g/mol. The van der Waals surface area contributed by atoms with E-state index in [4.69, 9.17) is 0 Å². The smallest absolute Gasteiger partial charge is 0.276 e. The van der Waals surface area contributed by atoms with E-state index in [1.165, 1.54) is 18.3 Å². The highest BCUT2D eigenvalue weighted by Crippen LogP contribution is 2.13. The van der Waals surface area contributed by atoms with E-state index in [0.29, 0.717) is 17.0 Å². The number of hydrogen-bond donors (Lipinski definition) is 2. The molecule has 3 rings (SSSR count). The summed E-state index contributed by atoms with van der Waals surface area (Å²) in [5.74, 6) is -0.262. The molecular weight excluding hydrogens is 376 g/mol. The number of carbonyl (C=O) groups is 1. The highest BCUT2D eigenvalue weighted by atomic mass is 32.2. The van der Waals surface area contributed by atoms with Gasteiger partial charge in [0.15, 0.2) is 0 Å². The van der Waals surface area contributed by atoms with E-state index in [1.54, 1.807) is 67.7 Å². The summed E-state index contributed by atoms with van der Waals surface area (Å²) in [5.41, 5.74) is 2.27. The molecule has 0 saturated heterocycles. The Bertz CT molecular complexity index is 1080. The van der Waals surface area contributed by atoms with E-state index in [-0.39, 0.29) is 10.8 Å². The van der Waals surface area contributed by atoms with E-state index in [0.717, 1.165) is 5.56 Å². The summed E-state index contributed by atoms with van der Waals surface area (Å²) in [6.45, 7) is 1.69. The second-order valence-corrected chi connectivity index (χ2v) is 7.54. The first kappa shape index (κ1) is 19.2. The van der Waals surface area contributed by atoms with Crippen LogP contribution in [0.5, 0.6) is 0 Å². The molecule has 0 unspecified atom stereocenters. The summed E-state index contributed by atoms with van der Waals surface area (Å²) < 4.78 is 24.4. The zero-order valence-corrected chi connectivity index (χ0v) is 15.8. The van der Waals surface area contributed by atoms with Crippen molar-refractivity contribution < 1.29 is 13.2 Å². The zero-order chi connectivity index (χ0) is 20.0. The lowest BCUT2D eigenvalue weighted by Crippen LogP contribution is -2.19. The number of hydrazone groups is 1. The highest BCUT2D eigenvalue weighted by Gasteiger charge is 2.12. The van der Waals surface area contributed by atoms with Crippen molar-refractivity contribution in [2.45, 2.75) is 11.8 Å². The number of benzene rings is 2. The van der Waals surface area contributed by atoms with Gasteiger partial charge in [-0.1, -0.05) is 30.3 Å². The third-order valence-corrected chi connectivity index (χ3v) is 5.10. The van der Waals surface area contributed by atoms with Crippen LogP contribution in [0.4, 0.5) is 5.69 Å². The maximum absolute atomic E-state index is 12.2. The molecule has 0 aliphatic rings. The number of sulfonamides is 1. The number of nitrogens with zero attached hydrogens (tertiary/aromatic N) is 2. The van der Waals surface area contributed by atoms with Gasteiger partial charge in [-0.05, 0) is 48.9 Å². The molecule has 1 aromatic heterocycles. The van der Waals surface area contributed by atoms with Crippen LogP contribution in [-0.2, 0) is 10.0 Å². The first-order chi connectivity index (χ1) is 13.5. The molecule has 8 heteroatoms. The Hall–Kier alpha value is -3.52. The molecule has 0 fully saturated rings. The molecular formula is C20H18N4O3S. The molecule has 0 bridgehead atoms. The molecule has 7 nitrogen and oxygen atoms in total. The van der Waals surface area contributed by atoms with E-state index in [1.807, 2.05) is 0 Å². The first-order valence-corrected chi connectivity index (χ1v) is 9.87. The van der Waals surface area contributed by atoms with Crippen molar-refractivity contribution in [3.8, 4) is 0 Å². The quantitative estimate of drug-likeness (QED) is 0.496. The van der Waals surface area contributed by atoms with Crippen LogP contribution in [0.15, 0.2) is 89.1 Å². The summed E-state index contributed by atoms with van der Waals surface area (Å²) in [6, 6.07) is 18.3. The van der Waals surface area contributed by atoms with Crippen molar-refractivity contribution in [1.29, 1.82) is 0 Å². The second kappa shape index (κ2) is 8.45. The maximum Gasteiger partial charge on any atom is 0.276 e. The van der Waals surface area contributed by atoms with Gasteiger partial charge >= 0.3 is 0 Å². The van der Waals surface area contributed by atoms with Crippen LogP contribution in [0, 0.1) is 0 Å². The lowest BCUT2D eigenvalue weighted by molar-refractivity contribution is 0.102. The molecule has 2 N–H and O–H groups in total. The molecule has 1 amide bonds. The zero-order valence-electron chi connectivity index (χ0n) is 15.0. The van der Waals surface area contributed by atoms with Gasteiger partial charge in [-0.3, -0.25) is 9.78 Å². The van der Waals surface area contributed by atoms with E-state index in [9.17, 15) is 13.2 Å². The fraction of sp³-hybridized carbons (Fsp3) is 0.0500. The van der Waals surface area contributed by atoms with E-state index in [2.05, 4.69) is 20.2 Å². The van der Waals surface area contributed by atoms with Crippen LogP contribution >= 0.6 is 0 Å². The Kier molecular flexibility index (Phi) is 5.81. The van der Waals surface area contributed by atoms with E-state index < -0.39 is 10.0 Å². The standard InChI is InChI=1S/C20H18N4O3S/c1-15(23-24-28(26,27)19-7-3-2-4-8-19)16-9-11-18(12-10-16)22-20(25)17-6-5-13-21-14-17/h2-14,24H,1H3,(H,22,25). The summed E-state index contributed by atoms with van der Waals surface area (Å²) in [7, 11) is -3.72. The number of hydrogen-bond acceptors (Lipinski definition) is 5. The van der Waals surface area contributed by atoms with Gasteiger partial charge in [0, 0.05) is 18.1 Å². The summed E-state index contributed by atoms with van der Waals surface area (Å²) >= 11 is 0. The van der Waals surface area contributed by atoms with Crippen molar-refractivity contribution in [3.05, 3.63) is 90.3 Å². The van der Waals surface area contributed by atoms with Gasteiger partial charge in [-0.15, -0.1) is 0 Å². The van der Waals surface area contributed by atoms with Gasteiger partial charge in [0.25, 0.3) is 15.9 Å². The molecule has 142 valence electrons. The summed E-state index contributed by atoms with van der Waals surface area (Å²) in [5, 5.41) is 6.74. The van der Waals surface area contributed by atoms with Crippen molar-refractivity contribution in [1.82, 2.24) is 9.82 Å². The maximum atomic E-state index is 12.2. The Balaban J connectivity index is 1.67. The largest absolute Gasteiger partial charge is 0.322 e. The number of nitrogens with one attached hydrogen (secondary N) is 2. The van der Waals surface area contributed by atoms with E-state index >= 15 is 0 Å². The molecule has 28 heavy (non-hydrogen) atoms. The van der Waals surface area contributed by atoms with Crippen molar-refractivity contribution in [2.24, 2.45) is 5.10 Å². The Labute approximate surface area is 163 Å². The molecule has 0 radical (unpaired) electrons. The van der Waals surface area contributed by atoms with Crippen LogP contribution in [0.25, 0.3) is 0 Å². The van der Waals surface area contributed by atoms with Gasteiger partial charge in [0.2, 0.25) is 0 Å². The van der Waals surface area contributed by atoms with Crippen LogP contribution in [0.1, 0.15) is 22.8 Å². The molecule has 0 saturated carbocycles. The molecule has 0 atom stereocenters. The number of carbonyl (C=O) groups excluding carboxylic acids is 1. The lowest BCUT2D eigenvalue weighted by Gasteiger charge is -2.07. The van der Waals surface area contributed by atoms with Gasteiger partial charge in [0.1, 0.15) is 0 Å². The minimum atomic E-state index is -3.72. The lowest BCUT2D eigenvalue weighted by atomic mass is 10.1. The van der Waals surface area contributed by atoms with Crippen LogP contribution in [-0.4, -0.2) is 25.0 Å². The number of pyridine rings is 1. The number of rotatable bonds is 6. The normalized spacial score (nSPS) is 11.7. The molecule has 0 aliphatic heterocycles. The fourth-order valence-corrected chi connectivity index (χ4v) is 3.22. The van der Waals surface area contributed by atoms with Gasteiger partial charge in [0.05, 0.1) is 16.2 Å². The minimum absolute atomic E-state index is 0.139. The van der Waals surface area contributed by atoms with Gasteiger partial charge < -0.3 is 5.32 Å². The average molecular weight is 394 g/mol. The predicted octanol–water partition coefficient (Wildman–Crippen LogP) is 3.04. The second-order valence-electron chi connectivity index (χ2n) is 5.88. The van der Waals surface area contributed by atoms with Crippen molar-refractivity contribution in [2.75, 3.05) is 5.32 Å². The SMILES string of the molecule is CC(=NNS(=O)(=O)c1ccccc1)c1ccc(NC(=O)c2cccnc2)cc1. The van der Waals surface area contributed by atoms with Crippen molar-refractivity contribution >= 4 is 27.3 Å². The molecule has 0 spiro atoms. The van der Waals surface area contributed by atoms with Crippen molar-refractivity contribution in [3.63, 3.8) is 0 Å². The number of aromatic nitrogens is 1. The fourth-order valence-electron chi connectivity index (χ4n) is 2.34. The summed E-state index contributed by atoms with van der Waals surface area (Å²) in [4.78, 5) is 18.4. The highest BCUT2D eigenvalue weighted by molar-refractivity contribution is 7.89. The number of anilines is 1. The minimum Gasteiger partial charge on any atom is -0.322 e. The topological polar surface area (TPSA) is 101 Å².